The largest absolute Gasteiger partial charge is 0.367 e. The van der Waals surface area contributed by atoms with Gasteiger partial charge in [-0.25, -0.2) is 0 Å². The van der Waals surface area contributed by atoms with E-state index in [0.29, 0.717) is 0 Å². The highest BCUT2D eigenvalue weighted by atomic mass is 79.9. The van der Waals surface area contributed by atoms with E-state index in [2.05, 4.69) is 105 Å². The monoisotopic (exact) mass is 462 g/mol. The van der Waals surface area contributed by atoms with E-state index in [9.17, 15) is 0 Å². The minimum Gasteiger partial charge on any atom is -0.367 e. The summed E-state index contributed by atoms with van der Waals surface area (Å²) < 4.78 is 2.50. The second-order valence-electron chi connectivity index (χ2n) is 7.54. The summed E-state index contributed by atoms with van der Waals surface area (Å²) in [5.41, 5.74) is 4.11. The van der Waals surface area contributed by atoms with Crippen molar-refractivity contribution in [3.8, 4) is 10.4 Å². The molecular weight excluding hydrogens is 440 g/mol. The summed E-state index contributed by atoms with van der Waals surface area (Å²) >= 11 is 5.59. The van der Waals surface area contributed by atoms with Crippen LogP contribution >= 0.6 is 27.3 Å². The third-order valence-electron chi connectivity index (χ3n) is 5.60. The second-order valence-corrected chi connectivity index (χ2v) is 9.50. The van der Waals surface area contributed by atoms with Crippen molar-refractivity contribution in [3.05, 3.63) is 88.9 Å². The van der Waals surface area contributed by atoms with Gasteiger partial charge in [0.25, 0.3) is 0 Å². The SMILES string of the molecule is Brc1ccc2sc(-c3ccccc3)c(N3CCN(Cc4ccccc4)CC3)c2c1. The van der Waals surface area contributed by atoms with Crippen molar-refractivity contribution in [2.45, 2.75) is 6.54 Å². The van der Waals surface area contributed by atoms with Crippen LogP contribution in [-0.2, 0) is 6.54 Å². The average Bonchev–Trinajstić information content (AvgIpc) is 3.14. The molecule has 0 radical (unpaired) electrons. The zero-order chi connectivity index (χ0) is 19.6. The zero-order valence-corrected chi connectivity index (χ0v) is 18.6. The van der Waals surface area contributed by atoms with Gasteiger partial charge in [-0.05, 0) is 29.3 Å². The quantitative estimate of drug-likeness (QED) is 0.334. The number of rotatable bonds is 4. The van der Waals surface area contributed by atoms with E-state index in [0.717, 1.165) is 37.2 Å². The van der Waals surface area contributed by atoms with Crippen LogP contribution in [0.3, 0.4) is 0 Å². The molecule has 0 aliphatic carbocycles. The Bertz CT molecular complexity index is 1100. The molecule has 0 atom stereocenters. The van der Waals surface area contributed by atoms with Gasteiger partial charge < -0.3 is 4.90 Å². The fourth-order valence-electron chi connectivity index (χ4n) is 4.13. The molecule has 0 bridgehead atoms. The van der Waals surface area contributed by atoms with Crippen molar-refractivity contribution in [2.24, 2.45) is 0 Å². The predicted molar refractivity (Wildman–Crippen MR) is 129 cm³/mol. The van der Waals surface area contributed by atoms with Crippen LogP contribution in [0.15, 0.2) is 83.3 Å². The van der Waals surface area contributed by atoms with Crippen LogP contribution in [0.4, 0.5) is 5.69 Å². The van der Waals surface area contributed by atoms with E-state index in [1.54, 1.807) is 0 Å². The number of hydrogen-bond donors (Lipinski definition) is 0. The van der Waals surface area contributed by atoms with Gasteiger partial charge in [0.2, 0.25) is 0 Å². The van der Waals surface area contributed by atoms with Gasteiger partial charge in [0.1, 0.15) is 0 Å². The molecule has 4 aromatic rings. The van der Waals surface area contributed by atoms with Gasteiger partial charge in [-0.3, -0.25) is 4.90 Å². The highest BCUT2D eigenvalue weighted by molar-refractivity contribution is 9.10. The zero-order valence-electron chi connectivity index (χ0n) is 16.2. The first-order valence-corrected chi connectivity index (χ1v) is 11.7. The smallest absolute Gasteiger partial charge is 0.0636 e. The molecule has 1 aromatic heterocycles. The topological polar surface area (TPSA) is 6.48 Å². The van der Waals surface area contributed by atoms with Crippen molar-refractivity contribution in [3.63, 3.8) is 0 Å². The molecule has 146 valence electrons. The van der Waals surface area contributed by atoms with Crippen LogP contribution in [0, 0.1) is 0 Å². The van der Waals surface area contributed by atoms with Crippen LogP contribution in [0.25, 0.3) is 20.5 Å². The van der Waals surface area contributed by atoms with E-state index in [-0.39, 0.29) is 0 Å². The van der Waals surface area contributed by atoms with Gasteiger partial charge >= 0.3 is 0 Å². The maximum absolute atomic E-state index is 3.68. The number of thiophene rings is 1. The van der Waals surface area contributed by atoms with Crippen LogP contribution in [0.5, 0.6) is 0 Å². The van der Waals surface area contributed by atoms with Crippen molar-refractivity contribution in [2.75, 3.05) is 31.1 Å². The highest BCUT2D eigenvalue weighted by Gasteiger charge is 2.24. The number of nitrogens with zero attached hydrogens (tertiary/aromatic N) is 2. The lowest BCUT2D eigenvalue weighted by Gasteiger charge is -2.36. The lowest BCUT2D eigenvalue weighted by atomic mass is 10.1. The van der Waals surface area contributed by atoms with Crippen LogP contribution < -0.4 is 4.90 Å². The summed E-state index contributed by atoms with van der Waals surface area (Å²) in [5.74, 6) is 0. The Kier molecular flexibility index (Phi) is 5.40. The third kappa shape index (κ3) is 3.97. The molecule has 1 saturated heterocycles. The van der Waals surface area contributed by atoms with E-state index in [1.807, 2.05) is 11.3 Å². The Hall–Kier alpha value is -2.14. The Balaban J connectivity index is 1.45. The first-order chi connectivity index (χ1) is 14.3. The van der Waals surface area contributed by atoms with E-state index in [1.165, 1.54) is 31.8 Å². The maximum Gasteiger partial charge on any atom is 0.0636 e. The minimum atomic E-state index is 1.04. The molecule has 2 nitrogen and oxygen atoms in total. The van der Waals surface area contributed by atoms with E-state index >= 15 is 0 Å². The molecule has 0 spiro atoms. The number of halogens is 1. The minimum absolute atomic E-state index is 1.04. The highest BCUT2D eigenvalue weighted by Crippen LogP contribution is 2.45. The predicted octanol–water partition coefficient (Wildman–Crippen LogP) is 6.65. The summed E-state index contributed by atoms with van der Waals surface area (Å²) in [6.07, 6.45) is 0. The fourth-order valence-corrected chi connectivity index (χ4v) is 5.70. The van der Waals surface area contributed by atoms with Crippen molar-refractivity contribution < 1.29 is 0 Å². The Labute approximate surface area is 184 Å². The summed E-state index contributed by atoms with van der Waals surface area (Å²) in [5, 5.41) is 1.36. The molecule has 0 unspecified atom stereocenters. The lowest BCUT2D eigenvalue weighted by Crippen LogP contribution is -2.46. The molecule has 4 heteroatoms. The number of piperazine rings is 1. The molecule has 0 N–H and O–H groups in total. The number of fused-ring (bicyclic) bond motifs is 1. The van der Waals surface area contributed by atoms with Crippen molar-refractivity contribution in [1.82, 2.24) is 4.90 Å². The number of anilines is 1. The molecule has 29 heavy (non-hydrogen) atoms. The molecule has 3 aromatic carbocycles. The molecule has 1 aliphatic heterocycles. The normalized spacial score (nSPS) is 15.1. The lowest BCUT2D eigenvalue weighted by molar-refractivity contribution is 0.250. The average molecular weight is 463 g/mol. The summed E-state index contributed by atoms with van der Waals surface area (Å²) in [7, 11) is 0. The summed E-state index contributed by atoms with van der Waals surface area (Å²) in [4.78, 5) is 6.54. The van der Waals surface area contributed by atoms with E-state index in [4.69, 9.17) is 0 Å². The molecular formula is C25H23BrN2S. The molecule has 2 heterocycles. The first-order valence-electron chi connectivity index (χ1n) is 10.1. The first kappa shape index (κ1) is 18.9. The molecule has 0 amide bonds. The Morgan fingerprint density at radius 3 is 2.21 bits per heavy atom. The number of benzene rings is 3. The molecule has 5 rings (SSSR count). The number of hydrogen-bond acceptors (Lipinski definition) is 3. The van der Waals surface area contributed by atoms with Gasteiger partial charge in [-0.15, -0.1) is 11.3 Å². The Morgan fingerprint density at radius 1 is 0.793 bits per heavy atom. The molecule has 0 saturated carbocycles. The van der Waals surface area contributed by atoms with Gasteiger partial charge in [0, 0.05) is 47.3 Å². The van der Waals surface area contributed by atoms with Crippen molar-refractivity contribution in [1.29, 1.82) is 0 Å². The van der Waals surface area contributed by atoms with Crippen molar-refractivity contribution >= 4 is 43.0 Å². The maximum atomic E-state index is 3.68. The van der Waals surface area contributed by atoms with Crippen LogP contribution in [0.2, 0.25) is 0 Å². The van der Waals surface area contributed by atoms with Gasteiger partial charge in [-0.1, -0.05) is 76.6 Å². The van der Waals surface area contributed by atoms with Gasteiger partial charge in [0.05, 0.1) is 10.6 Å². The van der Waals surface area contributed by atoms with Crippen LogP contribution in [-0.4, -0.2) is 31.1 Å². The summed E-state index contributed by atoms with van der Waals surface area (Å²) in [6, 6.07) is 28.3. The van der Waals surface area contributed by atoms with Crippen LogP contribution in [0.1, 0.15) is 5.56 Å². The standard InChI is InChI=1S/C25H23BrN2S/c26-21-11-12-23-22(17-21)24(25(29-23)20-9-5-2-6-10-20)28-15-13-27(14-16-28)18-19-7-3-1-4-8-19/h1-12,17H,13-16,18H2. The Morgan fingerprint density at radius 2 is 1.48 bits per heavy atom. The second kappa shape index (κ2) is 8.31. The molecule has 1 fully saturated rings. The fraction of sp³-hybridized carbons (Fsp3) is 0.200. The third-order valence-corrected chi connectivity index (χ3v) is 7.30. The van der Waals surface area contributed by atoms with Gasteiger partial charge in [-0.2, -0.15) is 0 Å². The van der Waals surface area contributed by atoms with Gasteiger partial charge in [0.15, 0.2) is 0 Å². The molecule has 1 aliphatic rings. The summed E-state index contributed by atoms with van der Waals surface area (Å²) in [6.45, 7) is 5.34. The van der Waals surface area contributed by atoms with E-state index < -0.39 is 0 Å².